The first-order valence-electron chi connectivity index (χ1n) is 12.1. The number of aromatic nitrogens is 1. The van der Waals surface area contributed by atoms with Gasteiger partial charge in [-0.05, 0) is 29.3 Å². The predicted molar refractivity (Wildman–Crippen MR) is 134 cm³/mol. The Morgan fingerprint density at radius 2 is 1.74 bits per heavy atom. The summed E-state index contributed by atoms with van der Waals surface area (Å²) in [6.07, 6.45) is -3.11. The minimum atomic E-state index is -4.70. The van der Waals surface area contributed by atoms with Crippen LogP contribution in [0.3, 0.4) is 0 Å². The zero-order valence-corrected chi connectivity index (χ0v) is 20.8. The first kappa shape index (κ1) is 26.0. The normalized spacial score (nSPS) is 18.1. The van der Waals surface area contributed by atoms with Crippen molar-refractivity contribution in [2.75, 3.05) is 13.6 Å². The maximum atomic E-state index is 13.9. The Balaban J connectivity index is 1.52. The van der Waals surface area contributed by atoms with E-state index < -0.39 is 41.7 Å². The highest BCUT2D eigenvalue weighted by molar-refractivity contribution is 6.03. The summed E-state index contributed by atoms with van der Waals surface area (Å²) in [5, 5.41) is 5.35. The van der Waals surface area contributed by atoms with Crippen molar-refractivity contribution < 1.29 is 27.6 Å². The Morgan fingerprint density at radius 3 is 2.44 bits per heavy atom. The van der Waals surface area contributed by atoms with Gasteiger partial charge in [0.25, 0.3) is 5.91 Å². The molecule has 0 saturated heterocycles. The number of likely N-dealkylation sites (N-methyl/N-ethyl adjacent to an activating group) is 1. The van der Waals surface area contributed by atoms with Crippen LogP contribution in [0.15, 0.2) is 90.3 Å². The number of carbonyl (C=O) groups is 3. The Labute approximate surface area is 222 Å². The second-order valence-electron chi connectivity index (χ2n) is 9.17. The van der Waals surface area contributed by atoms with Crippen LogP contribution in [0.2, 0.25) is 0 Å². The molecule has 11 heteroatoms. The molecule has 2 N–H and O–H groups in total. The van der Waals surface area contributed by atoms with Gasteiger partial charge < -0.3 is 15.5 Å². The number of hydrogen-bond acceptors (Lipinski definition) is 4. The average Bonchev–Trinajstić information content (AvgIpc) is 3.27. The summed E-state index contributed by atoms with van der Waals surface area (Å²) in [7, 11) is 1.44. The van der Waals surface area contributed by atoms with Crippen molar-refractivity contribution in [2.45, 2.75) is 24.8 Å². The second kappa shape index (κ2) is 10.2. The average molecular weight is 536 g/mol. The van der Waals surface area contributed by atoms with Crippen LogP contribution >= 0.6 is 0 Å². The molecule has 0 fully saturated rings. The van der Waals surface area contributed by atoms with Crippen molar-refractivity contribution in [1.29, 1.82) is 0 Å². The monoisotopic (exact) mass is 535 g/mol. The van der Waals surface area contributed by atoms with Gasteiger partial charge in [-0.15, -0.1) is 0 Å². The maximum Gasteiger partial charge on any atom is 0.416 e. The molecule has 3 aromatic rings. The molecule has 0 spiro atoms. The summed E-state index contributed by atoms with van der Waals surface area (Å²) in [5.41, 5.74) is 0.159. The quantitative estimate of drug-likeness (QED) is 0.500. The Morgan fingerprint density at radius 1 is 1.05 bits per heavy atom. The standard InChI is InChI=1S/C28H24F3N5O3/c1-35-21-16-36(24(17-9-3-2-4-10-17)25(37)33-15-18-11-7-8-14-32-18)26(38)22(21)23(34-27(35)39)19-12-5-6-13-20(19)28(29,30)31/h2-14,23-24H,15-16H2,1H3,(H,33,37)(H,34,39)/t23-,24+/m0/s1. The SMILES string of the molecule is CN1C(=O)N[C@@H](c2ccccc2C(F)(F)F)C2=C1CN([C@@H](C(=O)NCc1ccccn1)c1ccccc1)C2=O. The second-order valence-corrected chi connectivity index (χ2v) is 9.17. The number of amides is 4. The van der Waals surface area contributed by atoms with Gasteiger partial charge >= 0.3 is 12.2 Å². The van der Waals surface area contributed by atoms with Gasteiger partial charge in [0, 0.05) is 13.2 Å². The van der Waals surface area contributed by atoms with Gasteiger partial charge in [-0.25, -0.2) is 4.79 Å². The first-order valence-corrected chi connectivity index (χ1v) is 12.1. The van der Waals surface area contributed by atoms with Gasteiger partial charge in [0.2, 0.25) is 5.91 Å². The van der Waals surface area contributed by atoms with Gasteiger partial charge in [-0.2, -0.15) is 13.2 Å². The molecule has 2 aromatic carbocycles. The predicted octanol–water partition coefficient (Wildman–Crippen LogP) is 3.95. The van der Waals surface area contributed by atoms with E-state index in [-0.39, 0.29) is 29.9 Å². The number of benzene rings is 2. The molecule has 0 bridgehead atoms. The van der Waals surface area contributed by atoms with Crippen LogP contribution in [-0.2, 0) is 22.3 Å². The van der Waals surface area contributed by atoms with Crippen LogP contribution in [0, 0.1) is 0 Å². The zero-order chi connectivity index (χ0) is 27.7. The van der Waals surface area contributed by atoms with Gasteiger partial charge in [-0.3, -0.25) is 19.5 Å². The van der Waals surface area contributed by atoms with Crippen LogP contribution < -0.4 is 10.6 Å². The molecule has 2 aliphatic heterocycles. The summed E-state index contributed by atoms with van der Waals surface area (Å²) < 4.78 is 41.6. The summed E-state index contributed by atoms with van der Waals surface area (Å²) in [6, 6.07) is 15.6. The molecule has 200 valence electrons. The van der Waals surface area contributed by atoms with E-state index in [1.54, 1.807) is 54.7 Å². The summed E-state index contributed by atoms with van der Waals surface area (Å²) in [4.78, 5) is 47.0. The number of hydrogen-bond donors (Lipinski definition) is 2. The topological polar surface area (TPSA) is 94.6 Å². The molecule has 0 radical (unpaired) electrons. The third-order valence-electron chi connectivity index (χ3n) is 6.81. The van der Waals surface area contributed by atoms with E-state index in [9.17, 15) is 27.6 Å². The fraction of sp³-hybridized carbons (Fsp3) is 0.214. The number of pyridine rings is 1. The fourth-order valence-electron chi connectivity index (χ4n) is 4.92. The number of rotatable bonds is 6. The van der Waals surface area contributed by atoms with E-state index in [2.05, 4.69) is 15.6 Å². The van der Waals surface area contributed by atoms with E-state index in [4.69, 9.17) is 0 Å². The number of halogens is 3. The molecule has 3 heterocycles. The molecular formula is C28H24F3N5O3. The molecular weight excluding hydrogens is 511 g/mol. The smallest absolute Gasteiger partial charge is 0.348 e. The van der Waals surface area contributed by atoms with Gasteiger partial charge in [0.15, 0.2) is 0 Å². The summed E-state index contributed by atoms with van der Waals surface area (Å²) in [5.74, 6) is -1.13. The van der Waals surface area contributed by atoms with E-state index >= 15 is 0 Å². The molecule has 0 unspecified atom stereocenters. The Kier molecular flexibility index (Phi) is 6.81. The highest BCUT2D eigenvalue weighted by Crippen LogP contribution is 2.43. The Bertz CT molecular complexity index is 1440. The number of alkyl halides is 3. The summed E-state index contributed by atoms with van der Waals surface area (Å²) >= 11 is 0. The van der Waals surface area contributed by atoms with Crippen LogP contribution in [0.4, 0.5) is 18.0 Å². The highest BCUT2D eigenvalue weighted by Gasteiger charge is 2.48. The number of carbonyl (C=O) groups excluding carboxylic acids is 3. The minimum absolute atomic E-state index is 0.00717. The molecule has 0 saturated carbocycles. The molecule has 8 nitrogen and oxygen atoms in total. The van der Waals surface area contributed by atoms with Crippen LogP contribution in [0.5, 0.6) is 0 Å². The van der Waals surface area contributed by atoms with E-state index in [0.29, 0.717) is 11.3 Å². The lowest BCUT2D eigenvalue weighted by Gasteiger charge is -2.32. The fourth-order valence-corrected chi connectivity index (χ4v) is 4.92. The number of urea groups is 1. The lowest BCUT2D eigenvalue weighted by atomic mass is 9.91. The maximum absolute atomic E-state index is 13.9. The van der Waals surface area contributed by atoms with E-state index in [1.807, 2.05) is 0 Å². The van der Waals surface area contributed by atoms with E-state index in [0.717, 1.165) is 6.07 Å². The number of nitrogens with one attached hydrogen (secondary N) is 2. The van der Waals surface area contributed by atoms with Crippen molar-refractivity contribution in [3.8, 4) is 0 Å². The third-order valence-corrected chi connectivity index (χ3v) is 6.81. The van der Waals surface area contributed by atoms with Crippen LogP contribution in [-0.4, -0.2) is 46.2 Å². The van der Waals surface area contributed by atoms with Crippen molar-refractivity contribution in [1.82, 2.24) is 25.4 Å². The lowest BCUT2D eigenvalue weighted by Crippen LogP contribution is -2.45. The molecule has 4 amide bonds. The minimum Gasteiger partial charge on any atom is -0.348 e. The molecule has 1 aromatic heterocycles. The molecule has 2 aliphatic rings. The van der Waals surface area contributed by atoms with Crippen molar-refractivity contribution in [3.63, 3.8) is 0 Å². The summed E-state index contributed by atoms with van der Waals surface area (Å²) in [6.45, 7) is -0.0287. The van der Waals surface area contributed by atoms with Crippen molar-refractivity contribution in [3.05, 3.63) is 113 Å². The van der Waals surface area contributed by atoms with Gasteiger partial charge in [-0.1, -0.05) is 54.6 Å². The molecule has 2 atom stereocenters. The van der Waals surface area contributed by atoms with Crippen molar-refractivity contribution in [2.24, 2.45) is 0 Å². The van der Waals surface area contributed by atoms with Gasteiger partial charge in [0.1, 0.15) is 6.04 Å². The first-order chi connectivity index (χ1) is 18.7. The molecule has 5 rings (SSSR count). The number of nitrogens with zero attached hydrogens (tertiary/aromatic N) is 3. The van der Waals surface area contributed by atoms with Crippen LogP contribution in [0.1, 0.15) is 34.5 Å². The van der Waals surface area contributed by atoms with Crippen molar-refractivity contribution >= 4 is 17.8 Å². The van der Waals surface area contributed by atoms with Gasteiger partial charge in [0.05, 0.1) is 41.7 Å². The highest BCUT2D eigenvalue weighted by atomic mass is 19.4. The zero-order valence-electron chi connectivity index (χ0n) is 20.8. The lowest BCUT2D eigenvalue weighted by molar-refractivity contribution is -0.138. The van der Waals surface area contributed by atoms with E-state index in [1.165, 1.54) is 35.0 Å². The molecule has 0 aliphatic carbocycles. The Hall–Kier alpha value is -4.67. The third kappa shape index (κ3) is 4.95. The largest absolute Gasteiger partial charge is 0.416 e. The van der Waals surface area contributed by atoms with Crippen LogP contribution in [0.25, 0.3) is 0 Å². The molecule has 39 heavy (non-hydrogen) atoms.